The lowest BCUT2D eigenvalue weighted by Crippen LogP contribution is -2.53. The van der Waals surface area contributed by atoms with Crippen LogP contribution in [0.3, 0.4) is 0 Å². The summed E-state index contributed by atoms with van der Waals surface area (Å²) in [6.45, 7) is 5.58. The Morgan fingerprint density at radius 3 is 2.24 bits per heavy atom. The maximum Gasteiger partial charge on any atom is 0.264 e. The minimum atomic E-state index is -4.22. The molecule has 0 saturated carbocycles. The van der Waals surface area contributed by atoms with Crippen molar-refractivity contribution in [3.8, 4) is 0 Å². The predicted molar refractivity (Wildman–Crippen MR) is 184 cm³/mol. The van der Waals surface area contributed by atoms with E-state index in [9.17, 15) is 18.0 Å². The van der Waals surface area contributed by atoms with Crippen LogP contribution in [0.2, 0.25) is 5.02 Å². The highest BCUT2D eigenvalue weighted by Crippen LogP contribution is 2.30. The molecule has 10 heteroatoms. The van der Waals surface area contributed by atoms with Gasteiger partial charge in [-0.1, -0.05) is 101 Å². The lowest BCUT2D eigenvalue weighted by atomic mass is 10.0. The zero-order chi connectivity index (χ0) is 32.6. The number of aryl methyl sites for hydroxylation is 2. The number of amides is 2. The first-order valence-electron chi connectivity index (χ1n) is 14.7. The Bertz CT molecular complexity index is 1730. The van der Waals surface area contributed by atoms with Gasteiger partial charge in [0.15, 0.2) is 0 Å². The Balaban J connectivity index is 1.83. The van der Waals surface area contributed by atoms with E-state index in [0.29, 0.717) is 17.1 Å². The van der Waals surface area contributed by atoms with E-state index in [4.69, 9.17) is 11.6 Å². The van der Waals surface area contributed by atoms with Crippen molar-refractivity contribution in [3.05, 3.63) is 129 Å². The molecule has 0 aromatic heterocycles. The highest BCUT2D eigenvalue weighted by atomic mass is 79.9. The minimum absolute atomic E-state index is 0.0420. The van der Waals surface area contributed by atoms with Crippen molar-refractivity contribution in [2.75, 3.05) is 17.4 Å². The van der Waals surface area contributed by atoms with Crippen LogP contribution in [0.15, 0.2) is 106 Å². The van der Waals surface area contributed by atoms with Gasteiger partial charge in [0.25, 0.3) is 10.0 Å². The van der Waals surface area contributed by atoms with E-state index in [1.54, 1.807) is 37.3 Å². The standard InChI is InChI=1S/C35H37BrClN3O4S/c1-4-19-38-35(42)33(21-27-9-6-5-7-10-27)39(23-28-11-8-12-29(36)20-28)34(41)24-40(32-22-30(37)16-15-26(32)3)45(43,44)31-17-13-25(2)14-18-31/h5-18,20,22,33H,4,19,21,23-24H2,1-3H3,(H,38,42)/t33-/m0/s1. The van der Waals surface area contributed by atoms with Gasteiger partial charge in [0.2, 0.25) is 11.8 Å². The van der Waals surface area contributed by atoms with Gasteiger partial charge < -0.3 is 10.2 Å². The van der Waals surface area contributed by atoms with Gasteiger partial charge in [-0.2, -0.15) is 0 Å². The van der Waals surface area contributed by atoms with Crippen molar-refractivity contribution >= 4 is 55.1 Å². The van der Waals surface area contributed by atoms with Gasteiger partial charge in [-0.15, -0.1) is 0 Å². The van der Waals surface area contributed by atoms with Crippen molar-refractivity contribution in [2.45, 2.75) is 51.1 Å². The zero-order valence-corrected chi connectivity index (χ0v) is 28.7. The smallest absolute Gasteiger partial charge is 0.264 e. The first-order chi connectivity index (χ1) is 21.5. The maximum absolute atomic E-state index is 14.5. The highest BCUT2D eigenvalue weighted by molar-refractivity contribution is 9.10. The maximum atomic E-state index is 14.5. The van der Waals surface area contributed by atoms with Crippen LogP contribution in [0.5, 0.6) is 0 Å². The van der Waals surface area contributed by atoms with Crippen molar-refractivity contribution in [3.63, 3.8) is 0 Å². The van der Waals surface area contributed by atoms with E-state index in [-0.39, 0.29) is 29.5 Å². The SMILES string of the molecule is CCCNC(=O)[C@H](Cc1ccccc1)N(Cc1cccc(Br)c1)C(=O)CN(c1cc(Cl)ccc1C)S(=O)(=O)c1ccc(C)cc1. The average Bonchev–Trinajstić information content (AvgIpc) is 3.02. The van der Waals surface area contributed by atoms with Crippen LogP contribution < -0.4 is 9.62 Å². The fraction of sp³-hybridized carbons (Fsp3) is 0.257. The molecular formula is C35H37BrClN3O4S. The second kappa shape index (κ2) is 15.6. The van der Waals surface area contributed by atoms with Crippen LogP contribution in [-0.2, 0) is 32.6 Å². The summed E-state index contributed by atoms with van der Waals surface area (Å²) >= 11 is 9.86. The largest absolute Gasteiger partial charge is 0.354 e. The van der Waals surface area contributed by atoms with E-state index in [2.05, 4.69) is 21.2 Å². The number of rotatable bonds is 13. The summed E-state index contributed by atoms with van der Waals surface area (Å²) in [6.07, 6.45) is 0.969. The summed E-state index contributed by atoms with van der Waals surface area (Å²) in [4.78, 5) is 29.8. The molecule has 4 aromatic rings. The number of carbonyl (C=O) groups is 2. The number of halogens is 2. The lowest BCUT2D eigenvalue weighted by molar-refractivity contribution is -0.140. The normalized spacial score (nSPS) is 11.9. The molecular weight excluding hydrogens is 674 g/mol. The molecule has 45 heavy (non-hydrogen) atoms. The summed E-state index contributed by atoms with van der Waals surface area (Å²) in [5.74, 6) is -0.839. The third-order valence-electron chi connectivity index (χ3n) is 7.39. The Kier molecular flexibility index (Phi) is 11.8. The van der Waals surface area contributed by atoms with Gasteiger partial charge in [0, 0.05) is 29.0 Å². The van der Waals surface area contributed by atoms with Crippen molar-refractivity contribution in [1.82, 2.24) is 10.2 Å². The van der Waals surface area contributed by atoms with E-state index < -0.39 is 28.5 Å². The Morgan fingerprint density at radius 2 is 1.58 bits per heavy atom. The summed E-state index contributed by atoms with van der Waals surface area (Å²) in [5.41, 5.74) is 3.47. The summed E-state index contributed by atoms with van der Waals surface area (Å²) < 4.78 is 30.4. The summed E-state index contributed by atoms with van der Waals surface area (Å²) in [7, 11) is -4.22. The van der Waals surface area contributed by atoms with Crippen LogP contribution >= 0.6 is 27.5 Å². The molecule has 4 rings (SSSR count). The molecule has 0 aliphatic rings. The molecule has 1 N–H and O–H groups in total. The van der Waals surface area contributed by atoms with Gasteiger partial charge in [-0.25, -0.2) is 8.42 Å². The molecule has 0 fully saturated rings. The quantitative estimate of drug-likeness (QED) is 0.161. The number of nitrogens with zero attached hydrogens (tertiary/aromatic N) is 2. The van der Waals surface area contributed by atoms with Crippen LogP contribution in [0.1, 0.15) is 35.6 Å². The molecule has 0 saturated heterocycles. The van der Waals surface area contributed by atoms with Crippen LogP contribution in [0, 0.1) is 13.8 Å². The number of benzene rings is 4. The molecule has 0 aliphatic carbocycles. The van der Waals surface area contributed by atoms with Gasteiger partial charge in [-0.3, -0.25) is 13.9 Å². The van der Waals surface area contributed by atoms with E-state index in [0.717, 1.165) is 31.9 Å². The van der Waals surface area contributed by atoms with Gasteiger partial charge in [-0.05, 0) is 73.4 Å². The number of carbonyl (C=O) groups excluding carboxylic acids is 2. The molecule has 0 aliphatic heterocycles. The number of hydrogen-bond donors (Lipinski definition) is 1. The second-order valence-electron chi connectivity index (χ2n) is 10.9. The third kappa shape index (κ3) is 8.96. The van der Waals surface area contributed by atoms with Crippen molar-refractivity contribution in [2.24, 2.45) is 0 Å². The van der Waals surface area contributed by atoms with Crippen molar-refractivity contribution < 1.29 is 18.0 Å². The predicted octanol–water partition coefficient (Wildman–Crippen LogP) is 7.08. The molecule has 1 atom stereocenters. The third-order valence-corrected chi connectivity index (χ3v) is 9.89. The highest BCUT2D eigenvalue weighted by Gasteiger charge is 2.35. The average molecular weight is 711 g/mol. The first kappa shape index (κ1) is 34.2. The molecule has 2 amide bonds. The topological polar surface area (TPSA) is 86.8 Å². The fourth-order valence-electron chi connectivity index (χ4n) is 4.95. The molecule has 0 bridgehead atoms. The van der Waals surface area contributed by atoms with Crippen LogP contribution in [0.4, 0.5) is 5.69 Å². The van der Waals surface area contributed by atoms with Crippen molar-refractivity contribution in [1.29, 1.82) is 0 Å². The number of sulfonamides is 1. The fourth-order valence-corrected chi connectivity index (χ4v) is 7.04. The van der Waals surface area contributed by atoms with E-state index >= 15 is 0 Å². The van der Waals surface area contributed by atoms with Gasteiger partial charge in [0.1, 0.15) is 12.6 Å². The van der Waals surface area contributed by atoms with Crippen LogP contribution in [0.25, 0.3) is 0 Å². The minimum Gasteiger partial charge on any atom is -0.354 e. The Morgan fingerprint density at radius 1 is 0.889 bits per heavy atom. The molecule has 236 valence electrons. The Labute approximate surface area is 279 Å². The number of hydrogen-bond acceptors (Lipinski definition) is 4. The summed E-state index contributed by atoms with van der Waals surface area (Å²) in [5, 5.41) is 3.29. The van der Waals surface area contributed by atoms with Gasteiger partial charge in [0.05, 0.1) is 10.6 Å². The molecule has 4 aromatic carbocycles. The molecule has 0 spiro atoms. The molecule has 0 heterocycles. The Hall–Kier alpha value is -3.66. The van der Waals surface area contributed by atoms with Gasteiger partial charge >= 0.3 is 0 Å². The zero-order valence-electron chi connectivity index (χ0n) is 25.5. The summed E-state index contributed by atoms with van der Waals surface area (Å²) in [6, 6.07) is 27.5. The lowest BCUT2D eigenvalue weighted by Gasteiger charge is -2.34. The second-order valence-corrected chi connectivity index (χ2v) is 14.1. The van der Waals surface area contributed by atoms with E-state index in [1.807, 2.05) is 68.4 Å². The monoisotopic (exact) mass is 709 g/mol. The number of anilines is 1. The molecule has 7 nitrogen and oxygen atoms in total. The number of nitrogens with one attached hydrogen (secondary N) is 1. The van der Waals surface area contributed by atoms with Crippen LogP contribution in [-0.4, -0.2) is 44.3 Å². The van der Waals surface area contributed by atoms with E-state index in [1.165, 1.54) is 17.0 Å². The molecule has 0 radical (unpaired) electrons. The molecule has 0 unspecified atom stereocenters. The first-order valence-corrected chi connectivity index (χ1v) is 17.3.